The van der Waals surface area contributed by atoms with Gasteiger partial charge in [-0.05, 0) is 5.56 Å². The van der Waals surface area contributed by atoms with Gasteiger partial charge in [-0.25, -0.2) is 8.78 Å². The topological polar surface area (TPSA) is 17.1 Å². The zero-order chi connectivity index (χ0) is 10.4. The Morgan fingerprint density at radius 3 is 2.64 bits per heavy atom. The molecule has 0 aromatic heterocycles. The first-order valence-corrected chi connectivity index (χ1v) is 4.23. The molecule has 3 heteroatoms. The van der Waals surface area contributed by atoms with Gasteiger partial charge in [0.1, 0.15) is 6.29 Å². The molecule has 0 saturated heterocycles. The Morgan fingerprint density at radius 1 is 1.29 bits per heavy atom. The highest BCUT2D eigenvalue weighted by molar-refractivity contribution is 5.59. The van der Waals surface area contributed by atoms with Gasteiger partial charge < -0.3 is 4.79 Å². The van der Waals surface area contributed by atoms with E-state index in [9.17, 15) is 13.6 Å². The van der Waals surface area contributed by atoms with Crippen molar-refractivity contribution in [2.24, 2.45) is 0 Å². The summed E-state index contributed by atoms with van der Waals surface area (Å²) in [5, 5.41) is 0. The normalized spacial score (nSPS) is 11.1. The number of carbonyl (C=O) groups excluding carboxylic acids is 1. The maximum absolute atomic E-state index is 12.4. The van der Waals surface area contributed by atoms with Crippen molar-refractivity contribution in [2.45, 2.75) is 12.8 Å². The lowest BCUT2D eigenvalue weighted by molar-refractivity contribution is -0.107. The summed E-state index contributed by atoms with van der Waals surface area (Å²) >= 11 is 0. The molecule has 74 valence electrons. The lowest BCUT2D eigenvalue weighted by Crippen LogP contribution is -1.87. The number of aldehydes is 1. The van der Waals surface area contributed by atoms with Gasteiger partial charge in [0.15, 0.2) is 0 Å². The molecule has 1 rings (SSSR count). The van der Waals surface area contributed by atoms with E-state index >= 15 is 0 Å². The first kappa shape index (κ1) is 10.6. The number of hydrogen-bond acceptors (Lipinski definition) is 1. The zero-order valence-corrected chi connectivity index (χ0v) is 7.49. The fraction of sp³-hybridized carbons (Fsp3) is 0.182. The quantitative estimate of drug-likeness (QED) is 0.675. The molecule has 14 heavy (non-hydrogen) atoms. The molecule has 0 amide bonds. The Kier molecular flexibility index (Phi) is 3.98. The van der Waals surface area contributed by atoms with E-state index in [0.29, 0.717) is 5.56 Å². The average Bonchev–Trinajstić information content (AvgIpc) is 2.19. The summed E-state index contributed by atoms with van der Waals surface area (Å²) in [4.78, 5) is 10.0. The van der Waals surface area contributed by atoms with E-state index in [1.54, 1.807) is 24.3 Å². The van der Waals surface area contributed by atoms with Crippen LogP contribution >= 0.6 is 0 Å². The number of halogens is 2. The third kappa shape index (κ3) is 2.76. The highest BCUT2D eigenvalue weighted by atomic mass is 19.3. The first-order valence-electron chi connectivity index (χ1n) is 4.23. The van der Waals surface area contributed by atoms with E-state index < -0.39 is 6.43 Å². The predicted molar refractivity (Wildman–Crippen MR) is 51.1 cm³/mol. The van der Waals surface area contributed by atoms with Gasteiger partial charge >= 0.3 is 0 Å². The summed E-state index contributed by atoms with van der Waals surface area (Å²) in [5.74, 6) is 0. The van der Waals surface area contributed by atoms with E-state index in [1.165, 1.54) is 12.1 Å². The zero-order valence-electron chi connectivity index (χ0n) is 7.49. The Morgan fingerprint density at radius 2 is 2.00 bits per heavy atom. The number of hydrogen-bond donors (Lipinski definition) is 0. The van der Waals surface area contributed by atoms with Gasteiger partial charge in [-0.1, -0.05) is 36.4 Å². The van der Waals surface area contributed by atoms with Crippen molar-refractivity contribution >= 4 is 12.4 Å². The lowest BCUT2D eigenvalue weighted by atomic mass is 10.1. The van der Waals surface area contributed by atoms with Gasteiger partial charge in [-0.15, -0.1) is 0 Å². The summed E-state index contributed by atoms with van der Waals surface area (Å²) < 4.78 is 24.9. The lowest BCUT2D eigenvalue weighted by Gasteiger charge is -2.03. The van der Waals surface area contributed by atoms with E-state index in [-0.39, 0.29) is 12.0 Å². The SMILES string of the molecule is O=CCC=Cc1ccccc1C(F)F. The molecule has 0 spiro atoms. The second-order valence-electron chi connectivity index (χ2n) is 2.73. The highest BCUT2D eigenvalue weighted by Gasteiger charge is 2.09. The van der Waals surface area contributed by atoms with Gasteiger partial charge in [0, 0.05) is 12.0 Å². The molecule has 0 bridgehead atoms. The minimum Gasteiger partial charge on any atom is -0.303 e. The molecule has 0 radical (unpaired) electrons. The second kappa shape index (κ2) is 5.27. The minimum absolute atomic E-state index is 0.00495. The van der Waals surface area contributed by atoms with E-state index in [0.717, 1.165) is 6.29 Å². The minimum atomic E-state index is -2.48. The standard InChI is InChI=1S/C11H10F2O/c12-11(13)10-7-2-1-5-9(10)6-3-4-8-14/h1-3,5-8,11H,4H2. The van der Waals surface area contributed by atoms with Gasteiger partial charge in [0.05, 0.1) is 0 Å². The molecule has 0 aliphatic rings. The van der Waals surface area contributed by atoms with Crippen LogP contribution in [0.5, 0.6) is 0 Å². The number of allylic oxidation sites excluding steroid dienone is 1. The monoisotopic (exact) mass is 196 g/mol. The molecule has 0 N–H and O–H groups in total. The average molecular weight is 196 g/mol. The van der Waals surface area contributed by atoms with Gasteiger partial charge in [-0.3, -0.25) is 0 Å². The molecule has 1 aromatic rings. The van der Waals surface area contributed by atoms with Crippen LogP contribution in [0.25, 0.3) is 6.08 Å². The molecule has 0 aliphatic carbocycles. The third-order valence-electron chi connectivity index (χ3n) is 1.76. The van der Waals surface area contributed by atoms with Gasteiger partial charge in [-0.2, -0.15) is 0 Å². The fourth-order valence-corrected chi connectivity index (χ4v) is 1.11. The van der Waals surface area contributed by atoms with Crippen LogP contribution in [0.15, 0.2) is 30.3 Å². The van der Waals surface area contributed by atoms with Crippen molar-refractivity contribution in [1.82, 2.24) is 0 Å². The maximum Gasteiger partial charge on any atom is 0.264 e. The van der Waals surface area contributed by atoms with Crippen LogP contribution in [0.2, 0.25) is 0 Å². The maximum atomic E-state index is 12.4. The van der Waals surface area contributed by atoms with Crippen LogP contribution in [0, 0.1) is 0 Å². The van der Waals surface area contributed by atoms with Gasteiger partial charge in [0.25, 0.3) is 6.43 Å². The third-order valence-corrected chi connectivity index (χ3v) is 1.76. The van der Waals surface area contributed by atoms with Gasteiger partial charge in [0.2, 0.25) is 0 Å². The summed E-state index contributed by atoms with van der Waals surface area (Å²) in [7, 11) is 0. The Balaban J connectivity index is 2.89. The largest absolute Gasteiger partial charge is 0.303 e. The summed E-state index contributed by atoms with van der Waals surface area (Å²) in [5.41, 5.74) is 0.457. The molecule has 1 nitrogen and oxygen atoms in total. The molecule has 0 atom stereocenters. The van der Waals surface area contributed by atoms with Crippen LogP contribution in [-0.2, 0) is 4.79 Å². The van der Waals surface area contributed by atoms with Crippen LogP contribution in [-0.4, -0.2) is 6.29 Å². The number of carbonyl (C=O) groups is 1. The van der Waals surface area contributed by atoms with Crippen molar-refractivity contribution in [3.63, 3.8) is 0 Å². The van der Waals surface area contributed by atoms with Crippen molar-refractivity contribution in [3.8, 4) is 0 Å². The predicted octanol–water partition coefficient (Wildman–Crippen LogP) is 3.23. The molecule has 0 aliphatic heterocycles. The van der Waals surface area contributed by atoms with Crippen LogP contribution < -0.4 is 0 Å². The Labute approximate surface area is 81.1 Å². The molecule has 0 unspecified atom stereocenters. The van der Waals surface area contributed by atoms with Crippen LogP contribution in [0.4, 0.5) is 8.78 Å². The molecular weight excluding hydrogens is 186 g/mol. The Hall–Kier alpha value is -1.51. The highest BCUT2D eigenvalue weighted by Crippen LogP contribution is 2.23. The number of rotatable bonds is 4. The van der Waals surface area contributed by atoms with E-state index in [4.69, 9.17) is 0 Å². The molecule has 0 heterocycles. The molecule has 0 fully saturated rings. The van der Waals surface area contributed by atoms with Crippen molar-refractivity contribution in [1.29, 1.82) is 0 Å². The Bertz CT molecular complexity index is 332. The second-order valence-corrected chi connectivity index (χ2v) is 2.73. The molecule has 1 aromatic carbocycles. The summed E-state index contributed by atoms with van der Waals surface area (Å²) in [6.45, 7) is 0. The smallest absolute Gasteiger partial charge is 0.264 e. The number of alkyl halides is 2. The van der Waals surface area contributed by atoms with E-state index in [1.807, 2.05) is 0 Å². The van der Waals surface area contributed by atoms with Crippen LogP contribution in [0.1, 0.15) is 24.0 Å². The van der Waals surface area contributed by atoms with E-state index in [2.05, 4.69) is 0 Å². The molecule has 0 saturated carbocycles. The first-order chi connectivity index (χ1) is 6.75. The van der Waals surface area contributed by atoms with Crippen molar-refractivity contribution in [2.75, 3.05) is 0 Å². The summed E-state index contributed by atoms with van der Waals surface area (Å²) in [6.07, 6.45) is 1.59. The molecular formula is C11H10F2O. The van der Waals surface area contributed by atoms with Crippen molar-refractivity contribution < 1.29 is 13.6 Å². The number of benzene rings is 1. The van der Waals surface area contributed by atoms with Crippen LogP contribution in [0.3, 0.4) is 0 Å². The fourth-order valence-electron chi connectivity index (χ4n) is 1.11. The van der Waals surface area contributed by atoms with Crippen molar-refractivity contribution in [3.05, 3.63) is 41.5 Å². The summed E-state index contributed by atoms with van der Waals surface area (Å²) in [6, 6.07) is 6.24.